The van der Waals surface area contributed by atoms with Crippen LogP contribution in [0.5, 0.6) is 0 Å². The van der Waals surface area contributed by atoms with Crippen molar-refractivity contribution >= 4 is 24.2 Å². The van der Waals surface area contributed by atoms with Crippen molar-refractivity contribution in [1.29, 1.82) is 5.26 Å². The topological polar surface area (TPSA) is 56.1 Å². The number of rotatable bonds is 2. The summed E-state index contributed by atoms with van der Waals surface area (Å²) in [5.41, 5.74) is 0.886. The van der Waals surface area contributed by atoms with Gasteiger partial charge < -0.3 is 10.2 Å². The van der Waals surface area contributed by atoms with Gasteiger partial charge in [-0.05, 0) is 18.2 Å². The zero-order valence-electron chi connectivity index (χ0n) is 11.9. The number of halogens is 1. The van der Waals surface area contributed by atoms with Crippen LogP contribution >= 0.6 is 12.6 Å². The van der Waals surface area contributed by atoms with Crippen LogP contribution in [0, 0.1) is 17.1 Å². The van der Waals surface area contributed by atoms with Gasteiger partial charge in [0.05, 0.1) is 5.03 Å². The maximum absolute atomic E-state index is 14.2. The van der Waals surface area contributed by atoms with E-state index in [1.54, 1.807) is 35.2 Å². The number of benzene rings is 2. The minimum atomic E-state index is -0.782. The third-order valence-corrected chi connectivity index (χ3v) is 3.99. The highest BCUT2D eigenvalue weighted by atomic mass is 32.1. The molecule has 1 aliphatic rings. The smallest absolute Gasteiger partial charge is 0.266 e. The van der Waals surface area contributed by atoms with E-state index in [0.717, 1.165) is 0 Å². The van der Waals surface area contributed by atoms with Gasteiger partial charge in [0.2, 0.25) is 0 Å². The van der Waals surface area contributed by atoms with Gasteiger partial charge in [-0.1, -0.05) is 36.4 Å². The minimum absolute atomic E-state index is 0.107. The van der Waals surface area contributed by atoms with Crippen LogP contribution in [0.25, 0.3) is 0 Å². The first-order valence-electron chi connectivity index (χ1n) is 6.86. The Kier molecular flexibility index (Phi) is 4.04. The van der Waals surface area contributed by atoms with Crippen molar-refractivity contribution in [1.82, 2.24) is 5.32 Å². The summed E-state index contributed by atoms with van der Waals surface area (Å²) in [6.07, 6.45) is -0.782. The van der Waals surface area contributed by atoms with E-state index < -0.39 is 17.9 Å². The Morgan fingerprint density at radius 1 is 1.13 bits per heavy atom. The molecule has 0 spiro atoms. The van der Waals surface area contributed by atoms with E-state index in [9.17, 15) is 14.4 Å². The molecule has 1 atom stereocenters. The maximum Gasteiger partial charge on any atom is 0.266 e. The van der Waals surface area contributed by atoms with Gasteiger partial charge in [-0.15, -0.1) is 12.6 Å². The molecule has 1 N–H and O–H groups in total. The normalized spacial score (nSPS) is 17.7. The molecule has 6 heteroatoms. The molecule has 0 aliphatic carbocycles. The van der Waals surface area contributed by atoms with E-state index in [4.69, 9.17) is 0 Å². The molecule has 0 aromatic heterocycles. The van der Waals surface area contributed by atoms with Crippen LogP contribution in [0.3, 0.4) is 0 Å². The molecule has 23 heavy (non-hydrogen) atoms. The number of nitrogens with zero attached hydrogens (tertiary/aromatic N) is 2. The zero-order chi connectivity index (χ0) is 16.4. The maximum atomic E-state index is 14.2. The lowest BCUT2D eigenvalue weighted by Crippen LogP contribution is -2.46. The summed E-state index contributed by atoms with van der Waals surface area (Å²) in [5.74, 6) is -1.02. The van der Waals surface area contributed by atoms with Crippen LogP contribution in [0.4, 0.5) is 10.1 Å². The highest BCUT2D eigenvalue weighted by Gasteiger charge is 2.35. The van der Waals surface area contributed by atoms with Crippen molar-refractivity contribution in [2.24, 2.45) is 0 Å². The van der Waals surface area contributed by atoms with Gasteiger partial charge >= 0.3 is 0 Å². The van der Waals surface area contributed by atoms with Crippen LogP contribution in [0.15, 0.2) is 65.2 Å². The second kappa shape index (κ2) is 6.15. The summed E-state index contributed by atoms with van der Waals surface area (Å²) in [6, 6.07) is 17.1. The number of hydrogen-bond donors (Lipinski definition) is 2. The first-order chi connectivity index (χ1) is 11.1. The zero-order valence-corrected chi connectivity index (χ0v) is 12.8. The van der Waals surface area contributed by atoms with E-state index in [0.29, 0.717) is 11.3 Å². The number of carbonyl (C=O) groups excluding carboxylic acids is 1. The molecule has 0 saturated heterocycles. The summed E-state index contributed by atoms with van der Waals surface area (Å²) in [5, 5.41) is 12.1. The molecule has 3 rings (SSSR count). The molecule has 0 bridgehead atoms. The van der Waals surface area contributed by atoms with Crippen LogP contribution < -0.4 is 10.2 Å². The Balaban J connectivity index is 2.19. The van der Waals surface area contributed by atoms with Crippen LogP contribution in [0.1, 0.15) is 11.7 Å². The Labute approximate surface area is 138 Å². The van der Waals surface area contributed by atoms with E-state index in [1.165, 1.54) is 6.07 Å². The molecule has 1 heterocycles. The summed E-state index contributed by atoms with van der Waals surface area (Å²) < 4.78 is 14.2. The van der Waals surface area contributed by atoms with E-state index in [-0.39, 0.29) is 10.6 Å². The van der Waals surface area contributed by atoms with E-state index in [1.807, 2.05) is 24.3 Å². The molecule has 2 aromatic rings. The van der Waals surface area contributed by atoms with Crippen molar-refractivity contribution < 1.29 is 9.18 Å². The fourth-order valence-corrected chi connectivity index (χ4v) is 2.86. The third kappa shape index (κ3) is 2.67. The first kappa shape index (κ1) is 15.1. The van der Waals surface area contributed by atoms with Gasteiger partial charge in [-0.25, -0.2) is 4.39 Å². The lowest BCUT2D eigenvalue weighted by atomic mass is 10.1. The van der Waals surface area contributed by atoms with Gasteiger partial charge in [0.1, 0.15) is 23.6 Å². The second-order valence-corrected chi connectivity index (χ2v) is 5.34. The Hall–Kier alpha value is -2.78. The molecule has 114 valence electrons. The number of amides is 1. The number of carbonyl (C=O) groups is 1. The van der Waals surface area contributed by atoms with Crippen molar-refractivity contribution in [2.75, 3.05) is 4.90 Å². The van der Waals surface area contributed by atoms with Crippen molar-refractivity contribution in [3.05, 3.63) is 76.6 Å². The van der Waals surface area contributed by atoms with Gasteiger partial charge in [0.25, 0.3) is 5.91 Å². The van der Waals surface area contributed by atoms with Crippen LogP contribution in [0.2, 0.25) is 0 Å². The Bertz CT molecular complexity index is 829. The molecule has 0 radical (unpaired) electrons. The Morgan fingerprint density at radius 2 is 1.78 bits per heavy atom. The van der Waals surface area contributed by atoms with Crippen LogP contribution in [-0.4, -0.2) is 5.91 Å². The SMILES string of the molecule is N#CC1=C(S)N(c2ccccc2)C(c2ccccc2F)NC1=O. The molecule has 2 aromatic carbocycles. The highest BCUT2D eigenvalue weighted by molar-refractivity contribution is 7.84. The lowest BCUT2D eigenvalue weighted by Gasteiger charge is -2.38. The number of hydrogen-bond acceptors (Lipinski definition) is 4. The van der Waals surface area contributed by atoms with Gasteiger partial charge in [0.15, 0.2) is 0 Å². The lowest BCUT2D eigenvalue weighted by molar-refractivity contribution is -0.118. The largest absolute Gasteiger partial charge is 0.327 e. The monoisotopic (exact) mass is 325 g/mol. The number of anilines is 1. The molecule has 1 unspecified atom stereocenters. The van der Waals surface area contributed by atoms with Gasteiger partial charge in [0, 0.05) is 11.3 Å². The predicted octanol–water partition coefficient (Wildman–Crippen LogP) is 3.13. The van der Waals surface area contributed by atoms with Crippen molar-refractivity contribution in [3.8, 4) is 6.07 Å². The predicted molar refractivity (Wildman–Crippen MR) is 87.8 cm³/mol. The van der Waals surface area contributed by atoms with Crippen molar-refractivity contribution in [2.45, 2.75) is 6.17 Å². The summed E-state index contributed by atoms with van der Waals surface area (Å²) in [4.78, 5) is 13.7. The summed E-state index contributed by atoms with van der Waals surface area (Å²) >= 11 is 4.35. The summed E-state index contributed by atoms with van der Waals surface area (Å²) in [7, 11) is 0. The van der Waals surface area contributed by atoms with Gasteiger partial charge in [-0.2, -0.15) is 5.26 Å². The van der Waals surface area contributed by atoms with Crippen molar-refractivity contribution in [3.63, 3.8) is 0 Å². The fourth-order valence-electron chi connectivity index (χ4n) is 2.48. The number of thiol groups is 1. The standard InChI is InChI=1S/C17H12FN3OS/c18-14-9-5-4-8-12(14)15-20-16(22)13(10-19)17(23)21(15)11-6-2-1-3-7-11/h1-9,15,23H,(H,20,22). The average Bonchev–Trinajstić information content (AvgIpc) is 2.56. The molecule has 1 aliphatic heterocycles. The number of para-hydroxylation sites is 1. The third-order valence-electron chi connectivity index (χ3n) is 3.55. The molecular weight excluding hydrogens is 313 g/mol. The highest BCUT2D eigenvalue weighted by Crippen LogP contribution is 2.36. The average molecular weight is 325 g/mol. The molecule has 0 fully saturated rings. The minimum Gasteiger partial charge on any atom is -0.327 e. The van der Waals surface area contributed by atoms with Gasteiger partial charge in [-0.3, -0.25) is 4.79 Å². The molecule has 4 nitrogen and oxygen atoms in total. The molecular formula is C17H12FN3OS. The quantitative estimate of drug-likeness (QED) is 0.834. The van der Waals surface area contributed by atoms with Crippen LogP contribution in [-0.2, 0) is 4.79 Å². The second-order valence-electron chi connectivity index (χ2n) is 4.91. The van der Waals surface area contributed by atoms with E-state index in [2.05, 4.69) is 17.9 Å². The first-order valence-corrected chi connectivity index (χ1v) is 7.31. The molecule has 1 amide bonds. The number of nitrogens with one attached hydrogen (secondary N) is 1. The Morgan fingerprint density at radius 3 is 2.43 bits per heavy atom. The molecule has 0 saturated carbocycles. The summed E-state index contributed by atoms with van der Waals surface area (Å²) in [6.45, 7) is 0. The number of nitriles is 1. The van der Waals surface area contributed by atoms with E-state index >= 15 is 0 Å². The fraction of sp³-hybridized carbons (Fsp3) is 0.0588.